The van der Waals surface area contributed by atoms with E-state index in [1.54, 1.807) is 24.0 Å². The maximum absolute atomic E-state index is 13.5. The number of aryl methyl sites for hydroxylation is 1. The van der Waals surface area contributed by atoms with Gasteiger partial charge in [-0.3, -0.25) is 9.52 Å². The molecule has 0 saturated carbocycles. The van der Waals surface area contributed by atoms with Crippen molar-refractivity contribution in [1.82, 2.24) is 4.90 Å². The smallest absolute Gasteiger partial charge is 0.262 e. The Morgan fingerprint density at radius 2 is 1.89 bits per heavy atom. The maximum atomic E-state index is 13.5. The van der Waals surface area contributed by atoms with Gasteiger partial charge in [-0.15, -0.1) is 0 Å². The number of halogens is 1. The summed E-state index contributed by atoms with van der Waals surface area (Å²) in [7, 11) is -3.91. The van der Waals surface area contributed by atoms with Gasteiger partial charge >= 0.3 is 0 Å². The fourth-order valence-electron chi connectivity index (χ4n) is 3.25. The summed E-state index contributed by atoms with van der Waals surface area (Å²) in [6.07, 6.45) is 0.740. The lowest BCUT2D eigenvalue weighted by atomic mass is 9.98. The molecule has 1 N–H and O–H groups in total. The van der Waals surface area contributed by atoms with Crippen molar-refractivity contribution in [2.24, 2.45) is 5.92 Å². The molecule has 0 aliphatic carbocycles. The molecule has 1 aliphatic rings. The zero-order valence-corrected chi connectivity index (χ0v) is 16.4. The Hall–Kier alpha value is -2.41. The average molecular weight is 390 g/mol. The number of fused-ring (bicyclic) bond motifs is 1. The minimum absolute atomic E-state index is 0.0795. The molecular weight excluding hydrogens is 367 g/mol. The molecule has 3 rings (SSSR count). The summed E-state index contributed by atoms with van der Waals surface area (Å²) in [5, 5.41) is 0. The molecule has 0 bridgehead atoms. The molecule has 0 aromatic heterocycles. The number of sulfonamides is 1. The number of anilines is 1. The summed E-state index contributed by atoms with van der Waals surface area (Å²) in [6.45, 7) is 6.47. The molecule has 2 aromatic carbocycles. The Kier molecular flexibility index (Phi) is 5.24. The van der Waals surface area contributed by atoms with Gasteiger partial charge in [-0.1, -0.05) is 26.0 Å². The van der Waals surface area contributed by atoms with Gasteiger partial charge in [0.1, 0.15) is 5.82 Å². The number of nitrogens with one attached hydrogen (secondary N) is 1. The van der Waals surface area contributed by atoms with Crippen LogP contribution in [0.5, 0.6) is 0 Å². The van der Waals surface area contributed by atoms with E-state index in [9.17, 15) is 17.6 Å². The minimum Gasteiger partial charge on any atom is -0.338 e. The second-order valence-corrected chi connectivity index (χ2v) is 8.81. The van der Waals surface area contributed by atoms with Gasteiger partial charge in [0.25, 0.3) is 10.0 Å². The summed E-state index contributed by atoms with van der Waals surface area (Å²) in [5.41, 5.74) is 2.89. The van der Waals surface area contributed by atoms with Crippen molar-refractivity contribution >= 4 is 21.6 Å². The minimum atomic E-state index is -3.91. The fraction of sp³-hybridized carbons (Fsp3) is 0.350. The van der Waals surface area contributed by atoms with Crippen LogP contribution >= 0.6 is 0 Å². The average Bonchev–Trinajstić information content (AvgIpc) is 2.62. The third kappa shape index (κ3) is 4.13. The molecule has 0 spiro atoms. The van der Waals surface area contributed by atoms with Gasteiger partial charge in [0.05, 0.1) is 4.90 Å². The topological polar surface area (TPSA) is 66.5 Å². The van der Waals surface area contributed by atoms with Crippen molar-refractivity contribution in [2.75, 3.05) is 11.3 Å². The number of nitrogens with zero attached hydrogens (tertiary/aromatic N) is 1. The van der Waals surface area contributed by atoms with Crippen LogP contribution in [0.1, 0.15) is 30.5 Å². The number of benzene rings is 2. The van der Waals surface area contributed by atoms with E-state index < -0.39 is 15.8 Å². The third-order valence-corrected chi connectivity index (χ3v) is 6.24. The molecule has 5 nitrogen and oxygen atoms in total. The molecule has 1 amide bonds. The van der Waals surface area contributed by atoms with E-state index in [1.165, 1.54) is 12.1 Å². The summed E-state index contributed by atoms with van der Waals surface area (Å²) < 4.78 is 41.3. The van der Waals surface area contributed by atoms with E-state index in [-0.39, 0.29) is 16.7 Å². The molecule has 1 heterocycles. The first-order chi connectivity index (χ1) is 12.7. The number of hydrogen-bond donors (Lipinski definition) is 1. The van der Waals surface area contributed by atoms with E-state index in [4.69, 9.17) is 0 Å². The Morgan fingerprint density at radius 3 is 2.59 bits per heavy atom. The Balaban J connectivity index is 1.86. The van der Waals surface area contributed by atoms with Crippen LogP contribution in [0.3, 0.4) is 0 Å². The van der Waals surface area contributed by atoms with Gasteiger partial charge in [0.15, 0.2) is 0 Å². The monoisotopic (exact) mass is 390 g/mol. The van der Waals surface area contributed by atoms with Crippen molar-refractivity contribution in [2.45, 2.75) is 38.6 Å². The molecular formula is C20H23FN2O3S. The van der Waals surface area contributed by atoms with E-state index >= 15 is 0 Å². The first-order valence-electron chi connectivity index (χ1n) is 8.87. The Labute approximate surface area is 159 Å². The quantitative estimate of drug-likeness (QED) is 0.869. The molecule has 0 unspecified atom stereocenters. The second kappa shape index (κ2) is 7.31. The number of rotatable bonds is 4. The summed E-state index contributed by atoms with van der Waals surface area (Å²) in [5.74, 6) is -0.597. The van der Waals surface area contributed by atoms with E-state index in [0.29, 0.717) is 24.3 Å². The molecule has 2 aromatic rings. The highest BCUT2D eigenvalue weighted by Gasteiger charge is 2.24. The van der Waals surface area contributed by atoms with Gasteiger partial charge < -0.3 is 4.90 Å². The molecule has 0 fully saturated rings. The maximum Gasteiger partial charge on any atom is 0.262 e. The van der Waals surface area contributed by atoms with Crippen LogP contribution in [-0.4, -0.2) is 25.8 Å². The van der Waals surface area contributed by atoms with Crippen molar-refractivity contribution < 1.29 is 17.6 Å². The highest BCUT2D eigenvalue weighted by molar-refractivity contribution is 7.92. The number of carbonyl (C=O) groups is 1. The molecule has 0 atom stereocenters. The zero-order valence-electron chi connectivity index (χ0n) is 15.6. The fourth-order valence-corrected chi connectivity index (χ4v) is 4.55. The van der Waals surface area contributed by atoms with Crippen molar-refractivity contribution in [3.63, 3.8) is 0 Å². The summed E-state index contributed by atoms with van der Waals surface area (Å²) in [6, 6.07) is 9.01. The lowest BCUT2D eigenvalue weighted by molar-refractivity contribution is -0.135. The Morgan fingerprint density at radius 1 is 1.15 bits per heavy atom. The standard InChI is InChI=1S/C20H23FN2O3S/c1-13(2)20(24)23-9-8-15-5-7-18(10-16(15)12-23)22-27(25,26)19-11-17(21)6-4-14(19)3/h4-7,10-11,13,22H,8-9,12H2,1-3H3. The van der Waals surface area contributed by atoms with Gasteiger partial charge in [-0.05, 0) is 54.3 Å². The number of amides is 1. The van der Waals surface area contributed by atoms with Crippen LogP contribution in [0.15, 0.2) is 41.3 Å². The number of hydrogen-bond acceptors (Lipinski definition) is 3. The van der Waals surface area contributed by atoms with Crippen molar-refractivity contribution in [1.29, 1.82) is 0 Å². The van der Waals surface area contributed by atoms with Crippen LogP contribution in [0.4, 0.5) is 10.1 Å². The van der Waals surface area contributed by atoms with Crippen LogP contribution < -0.4 is 4.72 Å². The second-order valence-electron chi connectivity index (χ2n) is 7.16. The highest BCUT2D eigenvalue weighted by Crippen LogP contribution is 2.26. The van der Waals surface area contributed by atoms with E-state index in [0.717, 1.165) is 23.6 Å². The van der Waals surface area contributed by atoms with Gasteiger partial charge in [0.2, 0.25) is 5.91 Å². The summed E-state index contributed by atoms with van der Waals surface area (Å²) in [4.78, 5) is 14.0. The first-order valence-corrected chi connectivity index (χ1v) is 10.4. The lowest BCUT2D eigenvalue weighted by Gasteiger charge is -2.30. The van der Waals surface area contributed by atoms with Crippen LogP contribution in [0, 0.1) is 18.7 Å². The molecule has 27 heavy (non-hydrogen) atoms. The molecule has 1 aliphatic heterocycles. The van der Waals surface area contributed by atoms with Gasteiger partial charge in [0, 0.05) is 24.7 Å². The first kappa shape index (κ1) is 19.4. The molecule has 0 saturated heterocycles. The molecule has 144 valence electrons. The largest absolute Gasteiger partial charge is 0.338 e. The normalized spacial score (nSPS) is 14.2. The van der Waals surface area contributed by atoms with Crippen LogP contribution in [0.25, 0.3) is 0 Å². The van der Waals surface area contributed by atoms with Gasteiger partial charge in [-0.2, -0.15) is 0 Å². The molecule has 0 radical (unpaired) electrons. The van der Waals surface area contributed by atoms with E-state index in [2.05, 4.69) is 4.72 Å². The predicted octanol–water partition coefficient (Wildman–Crippen LogP) is 3.48. The highest BCUT2D eigenvalue weighted by atomic mass is 32.2. The number of carbonyl (C=O) groups excluding carboxylic acids is 1. The SMILES string of the molecule is Cc1ccc(F)cc1S(=O)(=O)Nc1ccc2c(c1)CN(C(=O)C(C)C)CC2. The van der Waals surface area contributed by atoms with Crippen molar-refractivity contribution in [3.05, 3.63) is 58.9 Å². The van der Waals surface area contributed by atoms with Crippen LogP contribution in [-0.2, 0) is 27.8 Å². The molecule has 7 heteroatoms. The zero-order chi connectivity index (χ0) is 19.8. The lowest BCUT2D eigenvalue weighted by Crippen LogP contribution is -2.38. The summed E-state index contributed by atoms with van der Waals surface area (Å²) >= 11 is 0. The van der Waals surface area contributed by atoms with E-state index in [1.807, 2.05) is 19.9 Å². The van der Waals surface area contributed by atoms with Crippen LogP contribution in [0.2, 0.25) is 0 Å². The van der Waals surface area contributed by atoms with Crippen molar-refractivity contribution in [3.8, 4) is 0 Å². The third-order valence-electron chi connectivity index (χ3n) is 4.72. The van der Waals surface area contributed by atoms with Gasteiger partial charge in [-0.25, -0.2) is 12.8 Å². The Bertz CT molecular complexity index is 987. The predicted molar refractivity (Wildman–Crippen MR) is 102 cm³/mol.